The maximum Gasteiger partial charge on any atom is 0.338 e. The number of carbonyl (C=O) groups excluding carboxylic acids is 1. The minimum Gasteiger partial charge on any atom is -0.459 e. The lowest BCUT2D eigenvalue weighted by molar-refractivity contribution is -0.106. The highest BCUT2D eigenvalue weighted by atomic mass is 79.9. The number of anilines is 1. The van der Waals surface area contributed by atoms with E-state index in [1.807, 2.05) is 11.8 Å². The van der Waals surface area contributed by atoms with E-state index in [-0.39, 0.29) is 17.7 Å². The molecule has 2 unspecified atom stereocenters. The van der Waals surface area contributed by atoms with Crippen molar-refractivity contribution in [1.82, 2.24) is 0 Å². The number of nitrogens with two attached hydrogens (primary N) is 1. The Morgan fingerprint density at radius 1 is 1.52 bits per heavy atom. The molecule has 3 rings (SSSR count). The van der Waals surface area contributed by atoms with Gasteiger partial charge in [-0.25, -0.2) is 4.79 Å². The van der Waals surface area contributed by atoms with Crippen LogP contribution in [0.5, 0.6) is 0 Å². The fraction of sp³-hybridized carbons (Fsp3) is 0.533. The van der Waals surface area contributed by atoms with Crippen LogP contribution in [0.3, 0.4) is 0 Å². The molecular formula is C15H18BrNO3S. The van der Waals surface area contributed by atoms with E-state index in [1.165, 1.54) is 0 Å². The minimum absolute atomic E-state index is 0.0604. The van der Waals surface area contributed by atoms with Crippen molar-refractivity contribution in [2.75, 3.05) is 23.8 Å². The lowest BCUT2D eigenvalue weighted by atomic mass is 9.91. The van der Waals surface area contributed by atoms with Crippen molar-refractivity contribution in [1.29, 1.82) is 0 Å². The quantitative estimate of drug-likeness (QED) is 0.638. The fourth-order valence-corrected chi connectivity index (χ4v) is 4.46. The van der Waals surface area contributed by atoms with E-state index in [2.05, 4.69) is 15.9 Å². The van der Waals surface area contributed by atoms with Gasteiger partial charge in [0.25, 0.3) is 0 Å². The molecule has 2 atom stereocenters. The molecule has 21 heavy (non-hydrogen) atoms. The van der Waals surface area contributed by atoms with Crippen molar-refractivity contribution in [2.24, 2.45) is 0 Å². The first-order valence-corrected chi connectivity index (χ1v) is 9.00. The lowest BCUT2D eigenvalue weighted by Crippen LogP contribution is -2.43. The first-order chi connectivity index (χ1) is 10.1. The van der Waals surface area contributed by atoms with Crippen LogP contribution in [0.1, 0.15) is 29.6 Å². The number of hydrogen-bond donors (Lipinski definition) is 1. The average molecular weight is 372 g/mol. The molecule has 0 bridgehead atoms. The molecule has 0 amide bonds. The lowest BCUT2D eigenvalue weighted by Gasteiger charge is -2.37. The Labute approximate surface area is 136 Å². The number of thioether (sulfide) groups is 1. The monoisotopic (exact) mass is 371 g/mol. The fourth-order valence-electron chi connectivity index (χ4n) is 2.84. The van der Waals surface area contributed by atoms with E-state index in [0.29, 0.717) is 17.9 Å². The normalized spacial score (nSPS) is 28.7. The van der Waals surface area contributed by atoms with E-state index in [1.54, 1.807) is 18.2 Å². The van der Waals surface area contributed by atoms with Gasteiger partial charge >= 0.3 is 5.97 Å². The highest BCUT2D eigenvalue weighted by Crippen LogP contribution is 2.39. The second kappa shape index (κ2) is 6.18. The van der Waals surface area contributed by atoms with Gasteiger partial charge in [-0.2, -0.15) is 11.8 Å². The first-order valence-electron chi connectivity index (χ1n) is 7.06. The summed E-state index contributed by atoms with van der Waals surface area (Å²) in [7, 11) is 0. The number of carbonyl (C=O) groups is 1. The Kier molecular flexibility index (Phi) is 4.47. The van der Waals surface area contributed by atoms with Crippen molar-refractivity contribution >= 4 is 39.3 Å². The van der Waals surface area contributed by atoms with Crippen LogP contribution >= 0.6 is 27.7 Å². The predicted molar refractivity (Wildman–Crippen MR) is 87.6 cm³/mol. The van der Waals surface area contributed by atoms with Crippen LogP contribution < -0.4 is 5.73 Å². The maximum atomic E-state index is 12.2. The zero-order valence-electron chi connectivity index (χ0n) is 11.6. The van der Waals surface area contributed by atoms with Crippen LogP contribution in [0.2, 0.25) is 0 Å². The van der Waals surface area contributed by atoms with Crippen molar-refractivity contribution in [3.05, 3.63) is 28.2 Å². The molecule has 2 aliphatic rings. The molecule has 1 aromatic rings. The Morgan fingerprint density at radius 3 is 3.10 bits per heavy atom. The van der Waals surface area contributed by atoms with Crippen LogP contribution in [-0.2, 0) is 9.47 Å². The number of halogens is 1. The molecular weight excluding hydrogens is 354 g/mol. The average Bonchev–Trinajstić information content (AvgIpc) is 2.89. The second-order valence-corrected chi connectivity index (χ2v) is 7.55. The highest BCUT2D eigenvalue weighted by Gasteiger charge is 2.41. The summed E-state index contributed by atoms with van der Waals surface area (Å²) < 4.78 is 12.4. The molecule has 1 spiro atoms. The van der Waals surface area contributed by atoms with Crippen molar-refractivity contribution in [3.63, 3.8) is 0 Å². The Balaban J connectivity index is 1.65. The van der Waals surface area contributed by atoms with Gasteiger partial charge in [0.05, 0.1) is 17.8 Å². The third-order valence-electron chi connectivity index (χ3n) is 4.02. The molecule has 2 saturated heterocycles. The van der Waals surface area contributed by atoms with Crippen LogP contribution in [0.4, 0.5) is 5.69 Å². The van der Waals surface area contributed by atoms with E-state index in [9.17, 15) is 4.79 Å². The molecule has 114 valence electrons. The standard InChI is InChI=1S/C15H18BrNO3S/c16-12-2-1-10(7-13(12)17)14(18)20-11-3-5-19-15(8-11)4-6-21-9-15/h1-2,7,11H,3-6,8-9,17H2. The predicted octanol–water partition coefficient (Wildman–Crippen LogP) is 3.24. The van der Waals surface area contributed by atoms with Crippen LogP contribution in [-0.4, -0.2) is 35.8 Å². The van der Waals surface area contributed by atoms with Crippen molar-refractivity contribution < 1.29 is 14.3 Å². The van der Waals surface area contributed by atoms with Crippen molar-refractivity contribution in [3.8, 4) is 0 Å². The molecule has 4 nitrogen and oxygen atoms in total. The third-order valence-corrected chi connectivity index (χ3v) is 5.97. The van der Waals surface area contributed by atoms with Crippen LogP contribution in [0.25, 0.3) is 0 Å². The van der Waals surface area contributed by atoms with Gasteiger partial charge in [-0.05, 0) is 46.3 Å². The molecule has 0 saturated carbocycles. The van der Waals surface area contributed by atoms with E-state index >= 15 is 0 Å². The first kappa shape index (κ1) is 15.2. The molecule has 2 N–H and O–H groups in total. The van der Waals surface area contributed by atoms with Gasteiger partial charge in [0.15, 0.2) is 0 Å². The summed E-state index contributed by atoms with van der Waals surface area (Å²) in [4.78, 5) is 12.2. The molecule has 6 heteroatoms. The Bertz CT molecular complexity index is 546. The van der Waals surface area contributed by atoms with E-state index in [4.69, 9.17) is 15.2 Å². The molecule has 0 radical (unpaired) electrons. The summed E-state index contributed by atoms with van der Waals surface area (Å²) >= 11 is 5.23. The largest absolute Gasteiger partial charge is 0.459 e. The summed E-state index contributed by atoms with van der Waals surface area (Å²) in [5.41, 5.74) is 6.77. The van der Waals surface area contributed by atoms with Gasteiger partial charge < -0.3 is 15.2 Å². The maximum absolute atomic E-state index is 12.2. The number of benzene rings is 1. The van der Waals surface area contributed by atoms with Gasteiger partial charge in [-0.3, -0.25) is 0 Å². The van der Waals surface area contributed by atoms with Gasteiger partial charge in [0.2, 0.25) is 0 Å². The van der Waals surface area contributed by atoms with Gasteiger partial charge in [0.1, 0.15) is 6.10 Å². The summed E-state index contributed by atoms with van der Waals surface area (Å²) in [6, 6.07) is 5.14. The Morgan fingerprint density at radius 2 is 2.38 bits per heavy atom. The summed E-state index contributed by atoms with van der Waals surface area (Å²) in [6.07, 6.45) is 2.56. The zero-order chi connectivity index (χ0) is 14.9. The van der Waals surface area contributed by atoms with E-state index < -0.39 is 0 Å². The molecule has 1 aromatic carbocycles. The molecule has 2 aliphatic heterocycles. The smallest absolute Gasteiger partial charge is 0.338 e. The number of nitrogen functional groups attached to an aromatic ring is 1. The number of esters is 1. The van der Waals surface area contributed by atoms with Gasteiger partial charge in [0, 0.05) is 28.8 Å². The highest BCUT2D eigenvalue weighted by molar-refractivity contribution is 9.10. The van der Waals surface area contributed by atoms with E-state index in [0.717, 1.165) is 35.2 Å². The summed E-state index contributed by atoms with van der Waals surface area (Å²) in [6.45, 7) is 0.668. The summed E-state index contributed by atoms with van der Waals surface area (Å²) in [5.74, 6) is 1.83. The zero-order valence-corrected chi connectivity index (χ0v) is 14.0. The summed E-state index contributed by atoms with van der Waals surface area (Å²) in [5, 5.41) is 0. The second-order valence-electron chi connectivity index (χ2n) is 5.59. The van der Waals surface area contributed by atoms with Gasteiger partial charge in [-0.1, -0.05) is 0 Å². The number of ether oxygens (including phenoxy) is 2. The van der Waals surface area contributed by atoms with Crippen molar-refractivity contribution in [2.45, 2.75) is 31.0 Å². The molecule has 0 aromatic heterocycles. The SMILES string of the molecule is Nc1cc(C(=O)OC2CCOC3(CCSC3)C2)ccc1Br. The van der Waals surface area contributed by atoms with Crippen LogP contribution in [0, 0.1) is 0 Å². The molecule has 2 fully saturated rings. The van der Waals surface area contributed by atoms with Crippen LogP contribution in [0.15, 0.2) is 22.7 Å². The third kappa shape index (κ3) is 3.38. The molecule has 2 heterocycles. The topological polar surface area (TPSA) is 61.6 Å². The number of rotatable bonds is 2. The van der Waals surface area contributed by atoms with Gasteiger partial charge in [-0.15, -0.1) is 0 Å². The number of hydrogen-bond acceptors (Lipinski definition) is 5. The minimum atomic E-state index is -0.304. The Hall–Kier alpha value is -0.720. The molecule has 0 aliphatic carbocycles.